The number of halogens is 1. The molecule has 0 atom stereocenters. The van der Waals surface area contributed by atoms with E-state index in [2.05, 4.69) is 20.4 Å². The van der Waals surface area contributed by atoms with E-state index < -0.39 is 0 Å². The van der Waals surface area contributed by atoms with Crippen LogP contribution in [0.25, 0.3) is 0 Å². The molecule has 1 aromatic heterocycles. The van der Waals surface area contributed by atoms with Gasteiger partial charge in [0.1, 0.15) is 5.75 Å². The molecule has 5 rings (SSSR count). The molecular weight excluding hydrogens is 572 g/mol. The number of amides is 1. The number of aromatic nitrogens is 3. The Bertz CT molecular complexity index is 1250. The summed E-state index contributed by atoms with van der Waals surface area (Å²) in [4.78, 5) is 33.4. The second kappa shape index (κ2) is 17.9. The van der Waals surface area contributed by atoms with Gasteiger partial charge in [-0.1, -0.05) is 0 Å². The molecule has 1 amide bonds. The van der Waals surface area contributed by atoms with E-state index in [-0.39, 0.29) is 59.9 Å². The summed E-state index contributed by atoms with van der Waals surface area (Å²) in [5, 5.41) is 16.5. The normalized spacial score (nSPS) is 13.9. The number of phenols is 1. The van der Waals surface area contributed by atoms with Gasteiger partial charge in [-0.15, -0.1) is 12.4 Å². The van der Waals surface area contributed by atoms with Crippen molar-refractivity contribution in [2.24, 2.45) is 0 Å². The Morgan fingerprint density at radius 1 is 0.767 bits per heavy atom. The fourth-order valence-corrected chi connectivity index (χ4v) is 4.84. The first-order chi connectivity index (χ1) is 18.5. The number of rotatable bonds is 7. The molecule has 0 unspecified atom stereocenters. The first-order valence-electron chi connectivity index (χ1n) is 13.4. The van der Waals surface area contributed by atoms with Gasteiger partial charge in [0.2, 0.25) is 17.8 Å². The number of piperidine rings is 2. The molecule has 15 N–H and O–H groups in total. The monoisotopic (exact) mass is 628 g/mol. The van der Waals surface area contributed by atoms with Crippen molar-refractivity contribution in [1.82, 2.24) is 39.6 Å². The Kier molecular flexibility index (Phi) is 16.2. The molecule has 43 heavy (non-hydrogen) atoms. The van der Waals surface area contributed by atoms with Gasteiger partial charge in [-0.3, -0.25) is 4.79 Å². The highest BCUT2D eigenvalue weighted by Gasteiger charge is 2.20. The molecule has 0 spiro atoms. The lowest BCUT2D eigenvalue weighted by molar-refractivity contribution is 0.102. The van der Waals surface area contributed by atoms with Gasteiger partial charge in [-0.2, -0.15) is 15.0 Å². The van der Waals surface area contributed by atoms with Gasteiger partial charge in [-0.05, 0) is 74.9 Å². The molecule has 2 aliphatic heterocycles. The fraction of sp³-hybridized carbons (Fsp3) is 0.429. The van der Waals surface area contributed by atoms with Crippen molar-refractivity contribution in [3.05, 3.63) is 48.0 Å². The number of carbonyl (C=O) groups excluding carboxylic acids is 1. The van der Waals surface area contributed by atoms with Crippen molar-refractivity contribution >= 4 is 53.2 Å². The number of nitrogens with zero attached hydrogens (tertiary/aromatic N) is 6. The largest absolute Gasteiger partial charge is 0.507 e. The summed E-state index contributed by atoms with van der Waals surface area (Å²) >= 11 is 0. The van der Waals surface area contributed by atoms with Crippen LogP contribution >= 0.6 is 12.4 Å². The number of aromatic hydroxyl groups is 1. The number of nitrogens with one attached hydrogen (secondary N) is 2. The van der Waals surface area contributed by atoms with Crippen LogP contribution in [0.2, 0.25) is 0 Å². The van der Waals surface area contributed by atoms with Crippen LogP contribution in [0.5, 0.6) is 5.75 Å². The minimum absolute atomic E-state index is 0. The molecule has 2 aliphatic rings. The van der Waals surface area contributed by atoms with Crippen molar-refractivity contribution in [2.75, 3.05) is 65.6 Å². The Labute approximate surface area is 266 Å². The van der Waals surface area contributed by atoms with Crippen molar-refractivity contribution < 1.29 is 15.6 Å². The predicted octanol–water partition coefficient (Wildman–Crippen LogP) is 6.67. The summed E-state index contributed by atoms with van der Waals surface area (Å²) in [6.45, 7) is 3.85. The number of hydrogen-bond acceptors (Lipinski definition) is 13. The molecule has 2 fully saturated rings. The van der Waals surface area contributed by atoms with Gasteiger partial charge < -0.3 is 55.0 Å². The van der Waals surface area contributed by atoms with Gasteiger partial charge in [0.05, 0.1) is 5.56 Å². The molecule has 248 valence electrons. The molecule has 2 saturated heterocycles. The first-order valence-corrected chi connectivity index (χ1v) is 13.4. The molecule has 3 aromatic rings. The van der Waals surface area contributed by atoms with E-state index in [0.717, 1.165) is 75.1 Å². The first kappa shape index (κ1) is 39.0. The molecule has 14 nitrogen and oxygen atoms in total. The third-order valence-electron chi connectivity index (χ3n) is 7.03. The lowest BCUT2D eigenvalue weighted by Gasteiger charge is -2.30. The summed E-state index contributed by atoms with van der Waals surface area (Å²) in [5.74, 6) is 1.54. The third-order valence-corrected chi connectivity index (χ3v) is 7.03. The maximum Gasteiger partial charge on any atom is 0.259 e. The maximum absolute atomic E-state index is 12.7. The van der Waals surface area contributed by atoms with E-state index in [9.17, 15) is 9.90 Å². The van der Waals surface area contributed by atoms with Gasteiger partial charge >= 0.3 is 0 Å². The molecule has 2 aromatic carbocycles. The van der Waals surface area contributed by atoms with Crippen LogP contribution in [0.15, 0.2) is 42.5 Å². The van der Waals surface area contributed by atoms with Crippen molar-refractivity contribution in [1.29, 1.82) is 0 Å². The van der Waals surface area contributed by atoms with Crippen LogP contribution in [0, 0.1) is 0 Å². The van der Waals surface area contributed by atoms with Crippen LogP contribution < -0.4 is 49.9 Å². The highest BCUT2D eigenvalue weighted by atomic mass is 35.5. The Hall–Kier alpha value is -3.95. The van der Waals surface area contributed by atoms with Crippen LogP contribution in [0.1, 0.15) is 54.6 Å². The van der Waals surface area contributed by atoms with E-state index in [1.807, 2.05) is 43.3 Å². The van der Waals surface area contributed by atoms with Gasteiger partial charge in [0, 0.05) is 69.1 Å². The lowest BCUT2D eigenvalue weighted by Crippen LogP contribution is -2.34. The standard InChI is InChI=1S/C28H36N8O2.ClH.4H3N.4H2/c1-34(2)22-13-14-23(24(37)19-22)25(38)29-20-9-11-21(12-10-20)30-26-31-27(35-15-5-3-6-16-35)33-28(32-26)36-17-7-4-8-18-36;;;;;;;;;/h9-14,19,37H,3-8,15-18H2,1-2H3,(H,29,38)(H,30,31,32,33);1H;4*1H3;4*1H. The van der Waals surface area contributed by atoms with Crippen LogP contribution in [-0.4, -0.2) is 66.2 Å². The smallest absolute Gasteiger partial charge is 0.259 e. The Morgan fingerprint density at radius 3 is 1.72 bits per heavy atom. The zero-order valence-electron chi connectivity index (χ0n) is 25.4. The number of hydrogen-bond donors (Lipinski definition) is 7. The van der Waals surface area contributed by atoms with E-state index in [1.54, 1.807) is 18.2 Å². The highest BCUT2D eigenvalue weighted by molar-refractivity contribution is 6.06. The number of anilines is 6. The molecule has 0 radical (unpaired) electrons. The van der Waals surface area contributed by atoms with E-state index in [1.165, 1.54) is 12.8 Å². The molecule has 0 saturated carbocycles. The maximum atomic E-state index is 12.7. The van der Waals surface area contributed by atoms with E-state index >= 15 is 0 Å². The number of phenolic OH excluding ortho intramolecular Hbond substituents is 1. The summed E-state index contributed by atoms with van der Waals surface area (Å²) in [7, 11) is 3.76. The second-order valence-electron chi connectivity index (χ2n) is 10.1. The second-order valence-corrected chi connectivity index (χ2v) is 10.1. The number of benzene rings is 2. The zero-order valence-corrected chi connectivity index (χ0v) is 26.2. The van der Waals surface area contributed by atoms with Crippen LogP contribution in [0.4, 0.5) is 34.9 Å². The van der Waals surface area contributed by atoms with Crippen LogP contribution in [-0.2, 0) is 0 Å². The predicted molar refractivity (Wildman–Crippen MR) is 188 cm³/mol. The number of carbonyl (C=O) groups is 1. The minimum Gasteiger partial charge on any atom is -0.507 e. The summed E-state index contributed by atoms with van der Waals surface area (Å²) in [5.41, 5.74) is 2.47. The molecular formula is C28H57ClN12O2. The average Bonchev–Trinajstić information content (AvgIpc) is 2.94. The Morgan fingerprint density at radius 2 is 1.26 bits per heavy atom. The molecule has 3 heterocycles. The van der Waals surface area contributed by atoms with Gasteiger partial charge in [0.25, 0.3) is 5.91 Å². The van der Waals surface area contributed by atoms with Crippen molar-refractivity contribution in [2.45, 2.75) is 38.5 Å². The SMILES string of the molecule is CN(C)c1ccc(C(=O)Nc2ccc(Nc3nc(N4CCCCC4)nc(N4CCCCC4)n3)cc2)c(O)c1.Cl.N.N.N.N.[HH].[HH].[HH].[HH]. The summed E-state index contributed by atoms with van der Waals surface area (Å²) in [6, 6.07) is 12.4. The summed E-state index contributed by atoms with van der Waals surface area (Å²) in [6.07, 6.45) is 7.10. The van der Waals surface area contributed by atoms with E-state index in [4.69, 9.17) is 15.0 Å². The molecule has 0 aliphatic carbocycles. The topological polar surface area (TPSA) is 250 Å². The van der Waals surface area contributed by atoms with E-state index in [0.29, 0.717) is 11.6 Å². The lowest BCUT2D eigenvalue weighted by atomic mass is 10.1. The highest BCUT2D eigenvalue weighted by Crippen LogP contribution is 2.26. The van der Waals surface area contributed by atoms with Crippen molar-refractivity contribution in [3.8, 4) is 5.75 Å². The Balaban J connectivity index is -0.000000653. The van der Waals surface area contributed by atoms with Crippen molar-refractivity contribution in [3.63, 3.8) is 0 Å². The minimum atomic E-state index is -0.372. The fourth-order valence-electron chi connectivity index (χ4n) is 4.84. The quantitative estimate of drug-likeness (QED) is 0.144. The van der Waals surface area contributed by atoms with Gasteiger partial charge in [0.15, 0.2) is 0 Å². The van der Waals surface area contributed by atoms with Crippen LogP contribution in [0.3, 0.4) is 0 Å². The zero-order chi connectivity index (χ0) is 26.5. The third kappa shape index (κ3) is 9.80. The molecule has 0 bridgehead atoms. The summed E-state index contributed by atoms with van der Waals surface area (Å²) < 4.78 is 0. The average molecular weight is 629 g/mol. The van der Waals surface area contributed by atoms with Gasteiger partial charge in [-0.25, -0.2) is 0 Å². The molecule has 15 heteroatoms.